The third-order valence-corrected chi connectivity index (χ3v) is 4.96. The SMILES string of the molecule is CCOC(=O)c1c(NC(=O)c2cnn(C)c2C)sc(C(C)=O)c1C. The largest absolute Gasteiger partial charge is 0.462 e. The number of ether oxygens (including phenoxy) is 1. The third kappa shape index (κ3) is 3.23. The molecule has 1 N–H and O–H groups in total. The van der Waals surface area contributed by atoms with E-state index in [0.717, 1.165) is 11.3 Å². The Hall–Kier alpha value is -2.48. The summed E-state index contributed by atoms with van der Waals surface area (Å²) in [5.74, 6) is -1.11. The molecule has 0 spiro atoms. The summed E-state index contributed by atoms with van der Waals surface area (Å²) in [6, 6.07) is 0. The number of nitrogens with one attached hydrogen (secondary N) is 1. The van der Waals surface area contributed by atoms with Gasteiger partial charge in [0.05, 0.1) is 28.8 Å². The van der Waals surface area contributed by atoms with E-state index in [1.54, 1.807) is 32.5 Å². The van der Waals surface area contributed by atoms with E-state index >= 15 is 0 Å². The molecule has 0 aliphatic carbocycles. The van der Waals surface area contributed by atoms with E-state index in [1.807, 2.05) is 0 Å². The van der Waals surface area contributed by atoms with Crippen molar-refractivity contribution in [3.05, 3.63) is 33.5 Å². The molecule has 0 fully saturated rings. The van der Waals surface area contributed by atoms with E-state index in [9.17, 15) is 14.4 Å². The highest BCUT2D eigenvalue weighted by Gasteiger charge is 2.26. The Balaban J connectivity index is 2.43. The fourth-order valence-corrected chi connectivity index (χ4v) is 3.36. The molecule has 128 valence electrons. The van der Waals surface area contributed by atoms with Gasteiger partial charge in [-0.3, -0.25) is 14.3 Å². The number of ketones is 1. The van der Waals surface area contributed by atoms with Gasteiger partial charge in [-0.1, -0.05) is 0 Å². The zero-order valence-electron chi connectivity index (χ0n) is 14.2. The van der Waals surface area contributed by atoms with Crippen LogP contribution >= 0.6 is 11.3 Å². The molecule has 0 aromatic carbocycles. The highest BCUT2D eigenvalue weighted by atomic mass is 32.1. The molecule has 0 unspecified atom stereocenters. The maximum absolute atomic E-state index is 12.5. The molecule has 8 heteroatoms. The molecule has 0 bridgehead atoms. The number of hydrogen-bond donors (Lipinski definition) is 1. The Morgan fingerprint density at radius 2 is 2.00 bits per heavy atom. The number of thiophene rings is 1. The Bertz CT molecular complexity index is 820. The zero-order chi connectivity index (χ0) is 18.0. The molecule has 7 nitrogen and oxygen atoms in total. The Morgan fingerprint density at radius 3 is 2.50 bits per heavy atom. The van der Waals surface area contributed by atoms with Gasteiger partial charge in [0.1, 0.15) is 5.00 Å². The first-order chi connectivity index (χ1) is 11.3. The molecule has 0 aliphatic heterocycles. The summed E-state index contributed by atoms with van der Waals surface area (Å²) in [5, 5.41) is 7.05. The van der Waals surface area contributed by atoms with E-state index in [0.29, 0.717) is 26.7 Å². The van der Waals surface area contributed by atoms with Gasteiger partial charge in [0.2, 0.25) is 0 Å². The average Bonchev–Trinajstić information content (AvgIpc) is 3.00. The van der Waals surface area contributed by atoms with Gasteiger partial charge >= 0.3 is 5.97 Å². The number of amides is 1. The van der Waals surface area contributed by atoms with Crippen LogP contribution in [0.5, 0.6) is 0 Å². The van der Waals surface area contributed by atoms with Crippen molar-refractivity contribution in [1.82, 2.24) is 9.78 Å². The number of rotatable bonds is 5. The van der Waals surface area contributed by atoms with Crippen LogP contribution in [0.2, 0.25) is 0 Å². The minimum atomic E-state index is -0.558. The van der Waals surface area contributed by atoms with Crippen LogP contribution < -0.4 is 5.32 Å². The highest BCUT2D eigenvalue weighted by Crippen LogP contribution is 2.34. The monoisotopic (exact) mass is 349 g/mol. The lowest BCUT2D eigenvalue weighted by atomic mass is 10.1. The van der Waals surface area contributed by atoms with Crippen LogP contribution in [0.3, 0.4) is 0 Å². The molecule has 0 atom stereocenters. The van der Waals surface area contributed by atoms with E-state index in [1.165, 1.54) is 13.1 Å². The summed E-state index contributed by atoms with van der Waals surface area (Å²) in [7, 11) is 1.74. The van der Waals surface area contributed by atoms with Crippen LogP contribution in [0, 0.1) is 13.8 Å². The normalized spacial score (nSPS) is 10.5. The zero-order valence-corrected chi connectivity index (χ0v) is 15.0. The van der Waals surface area contributed by atoms with Crippen molar-refractivity contribution in [2.75, 3.05) is 11.9 Å². The van der Waals surface area contributed by atoms with Gasteiger partial charge in [-0.15, -0.1) is 11.3 Å². The number of carbonyl (C=O) groups excluding carboxylic acids is 3. The molecule has 2 rings (SSSR count). The predicted octanol–water partition coefficient (Wildman–Crippen LogP) is 2.73. The summed E-state index contributed by atoms with van der Waals surface area (Å²) in [4.78, 5) is 36.9. The van der Waals surface area contributed by atoms with Crippen molar-refractivity contribution in [3.63, 3.8) is 0 Å². The van der Waals surface area contributed by atoms with Crippen molar-refractivity contribution in [2.24, 2.45) is 7.05 Å². The summed E-state index contributed by atoms with van der Waals surface area (Å²) in [6.45, 7) is 6.77. The number of Topliss-reactive ketones (excluding diaryl/α,β-unsaturated/α-hetero) is 1. The Morgan fingerprint density at radius 1 is 1.33 bits per heavy atom. The van der Waals surface area contributed by atoms with Gasteiger partial charge in [0.25, 0.3) is 5.91 Å². The minimum absolute atomic E-state index is 0.166. The standard InChI is InChI=1S/C16H19N3O4S/c1-6-23-16(22)12-8(2)13(10(4)20)24-15(12)18-14(21)11-7-17-19(5)9(11)3/h7H,6H2,1-5H3,(H,18,21). The molecular weight excluding hydrogens is 330 g/mol. The average molecular weight is 349 g/mol. The molecule has 0 saturated heterocycles. The van der Waals surface area contributed by atoms with Gasteiger partial charge in [-0.25, -0.2) is 4.79 Å². The number of aryl methyl sites for hydroxylation is 1. The van der Waals surface area contributed by atoms with Crippen LogP contribution in [0.1, 0.15) is 55.5 Å². The van der Waals surface area contributed by atoms with Crippen LogP contribution in [0.4, 0.5) is 5.00 Å². The summed E-state index contributed by atoms with van der Waals surface area (Å²) < 4.78 is 6.63. The summed E-state index contributed by atoms with van der Waals surface area (Å²) >= 11 is 1.07. The summed E-state index contributed by atoms with van der Waals surface area (Å²) in [6.07, 6.45) is 1.46. The molecule has 2 heterocycles. The highest BCUT2D eigenvalue weighted by molar-refractivity contribution is 7.18. The third-order valence-electron chi connectivity index (χ3n) is 3.65. The maximum Gasteiger partial charge on any atom is 0.341 e. The second kappa shape index (κ2) is 6.96. The van der Waals surface area contributed by atoms with Gasteiger partial charge < -0.3 is 10.1 Å². The minimum Gasteiger partial charge on any atom is -0.462 e. The molecule has 2 aromatic heterocycles. The number of anilines is 1. The van der Waals surface area contributed by atoms with E-state index in [4.69, 9.17) is 4.74 Å². The second-order valence-corrected chi connectivity index (χ2v) is 6.28. The van der Waals surface area contributed by atoms with Gasteiger partial charge in [-0.2, -0.15) is 5.10 Å². The van der Waals surface area contributed by atoms with Crippen molar-refractivity contribution in [1.29, 1.82) is 0 Å². The Kier molecular flexibility index (Phi) is 5.18. The fraction of sp³-hybridized carbons (Fsp3) is 0.375. The van der Waals surface area contributed by atoms with Crippen LogP contribution in [-0.2, 0) is 11.8 Å². The van der Waals surface area contributed by atoms with Crippen molar-refractivity contribution in [2.45, 2.75) is 27.7 Å². The molecule has 1 amide bonds. The molecule has 24 heavy (non-hydrogen) atoms. The lowest BCUT2D eigenvalue weighted by molar-refractivity contribution is 0.0527. The van der Waals surface area contributed by atoms with Crippen molar-refractivity contribution in [3.8, 4) is 0 Å². The first-order valence-electron chi connectivity index (χ1n) is 7.39. The molecule has 0 saturated carbocycles. The van der Waals surface area contributed by atoms with Crippen LogP contribution in [0.25, 0.3) is 0 Å². The lowest BCUT2D eigenvalue weighted by Crippen LogP contribution is -2.15. The number of hydrogen-bond acceptors (Lipinski definition) is 6. The van der Waals surface area contributed by atoms with E-state index in [-0.39, 0.29) is 23.9 Å². The lowest BCUT2D eigenvalue weighted by Gasteiger charge is -2.07. The van der Waals surface area contributed by atoms with Gasteiger partial charge in [0, 0.05) is 12.7 Å². The summed E-state index contributed by atoms with van der Waals surface area (Å²) in [5.41, 5.74) is 1.85. The number of aromatic nitrogens is 2. The topological polar surface area (TPSA) is 90.3 Å². The number of nitrogens with zero attached hydrogens (tertiary/aromatic N) is 2. The maximum atomic E-state index is 12.5. The quantitative estimate of drug-likeness (QED) is 0.662. The van der Waals surface area contributed by atoms with Crippen molar-refractivity contribution >= 4 is 34.0 Å². The van der Waals surface area contributed by atoms with E-state index < -0.39 is 5.97 Å². The smallest absolute Gasteiger partial charge is 0.341 e. The van der Waals surface area contributed by atoms with Crippen LogP contribution in [-0.4, -0.2) is 34.0 Å². The number of carbonyl (C=O) groups is 3. The van der Waals surface area contributed by atoms with Gasteiger partial charge in [0.15, 0.2) is 5.78 Å². The molecule has 0 radical (unpaired) electrons. The Labute approximate surface area is 143 Å². The van der Waals surface area contributed by atoms with Crippen LogP contribution in [0.15, 0.2) is 6.20 Å². The van der Waals surface area contributed by atoms with Gasteiger partial charge in [-0.05, 0) is 33.3 Å². The molecule has 0 aliphatic rings. The first-order valence-corrected chi connectivity index (χ1v) is 8.20. The van der Waals surface area contributed by atoms with Crippen molar-refractivity contribution < 1.29 is 19.1 Å². The second-order valence-electron chi connectivity index (χ2n) is 5.26. The molecular formula is C16H19N3O4S. The van der Waals surface area contributed by atoms with E-state index in [2.05, 4.69) is 10.4 Å². The molecule has 2 aromatic rings. The number of esters is 1. The predicted molar refractivity (Wildman–Crippen MR) is 90.9 cm³/mol. The first kappa shape index (κ1) is 17.9. The fourth-order valence-electron chi connectivity index (χ4n) is 2.28.